The zero-order chi connectivity index (χ0) is 13.1. The predicted molar refractivity (Wildman–Crippen MR) is 80.2 cm³/mol. The zero-order valence-corrected chi connectivity index (χ0v) is 12.6. The van der Waals surface area contributed by atoms with Crippen molar-refractivity contribution in [3.8, 4) is 5.75 Å². The number of hydrogen-bond acceptors (Lipinski definition) is 2. The number of methoxy groups -OCH3 is 1. The van der Waals surface area contributed by atoms with Crippen molar-refractivity contribution in [1.82, 2.24) is 0 Å². The number of hydrogen-bond donors (Lipinski definition) is 1. The van der Waals surface area contributed by atoms with Gasteiger partial charge in [-0.05, 0) is 65.2 Å². The van der Waals surface area contributed by atoms with Crippen LogP contribution >= 0.6 is 15.9 Å². The summed E-state index contributed by atoms with van der Waals surface area (Å²) in [6.07, 6.45) is 8.93. The van der Waals surface area contributed by atoms with Gasteiger partial charge < -0.3 is 10.5 Å². The van der Waals surface area contributed by atoms with E-state index in [1.807, 2.05) is 6.08 Å². The molecule has 1 aliphatic rings. The Kier molecular flexibility index (Phi) is 4.46. The maximum absolute atomic E-state index is 5.58. The number of benzene rings is 1. The van der Waals surface area contributed by atoms with Gasteiger partial charge in [0.1, 0.15) is 5.75 Å². The molecule has 18 heavy (non-hydrogen) atoms. The Labute approximate surface area is 117 Å². The molecule has 0 fully saturated rings. The van der Waals surface area contributed by atoms with Crippen LogP contribution in [0.4, 0.5) is 0 Å². The summed E-state index contributed by atoms with van der Waals surface area (Å²) >= 11 is 3.71. The minimum atomic E-state index is 0.553. The van der Waals surface area contributed by atoms with E-state index >= 15 is 0 Å². The normalized spacial score (nSPS) is 14.9. The SMILES string of the molecule is COc1c(Br)c2c(c(C)c1/C=C/CN)CCCC2. The summed E-state index contributed by atoms with van der Waals surface area (Å²) in [5, 5.41) is 0. The average molecular weight is 310 g/mol. The fourth-order valence-electron chi connectivity index (χ4n) is 2.74. The minimum absolute atomic E-state index is 0.553. The summed E-state index contributed by atoms with van der Waals surface area (Å²) in [5.41, 5.74) is 11.0. The molecular formula is C15H20BrNO. The smallest absolute Gasteiger partial charge is 0.140 e. The molecule has 2 N–H and O–H groups in total. The quantitative estimate of drug-likeness (QED) is 0.925. The lowest BCUT2D eigenvalue weighted by atomic mass is 9.86. The van der Waals surface area contributed by atoms with Gasteiger partial charge in [0.05, 0.1) is 11.6 Å². The molecule has 2 rings (SSSR count). The standard InChI is InChI=1S/C15H20BrNO/c1-10-11-6-3-4-7-13(11)14(16)15(18-2)12(10)8-5-9-17/h5,8H,3-4,6-7,9,17H2,1-2H3/b8-5+. The molecule has 0 saturated heterocycles. The number of ether oxygens (including phenoxy) is 1. The zero-order valence-electron chi connectivity index (χ0n) is 11.1. The Morgan fingerprint density at radius 1 is 1.28 bits per heavy atom. The number of fused-ring (bicyclic) bond motifs is 1. The summed E-state index contributed by atoms with van der Waals surface area (Å²) in [6.45, 7) is 2.74. The van der Waals surface area contributed by atoms with E-state index in [1.54, 1.807) is 7.11 Å². The van der Waals surface area contributed by atoms with Crippen molar-refractivity contribution in [2.24, 2.45) is 5.73 Å². The molecule has 0 saturated carbocycles. The summed E-state index contributed by atoms with van der Waals surface area (Å²) < 4.78 is 6.71. The molecule has 0 aromatic heterocycles. The minimum Gasteiger partial charge on any atom is -0.495 e. The molecule has 0 spiro atoms. The number of halogens is 1. The molecule has 1 aliphatic carbocycles. The van der Waals surface area contributed by atoms with Gasteiger partial charge in [0, 0.05) is 12.1 Å². The first-order chi connectivity index (χ1) is 8.70. The van der Waals surface area contributed by atoms with Crippen LogP contribution < -0.4 is 10.5 Å². The molecular weight excluding hydrogens is 290 g/mol. The van der Waals surface area contributed by atoms with E-state index in [0.29, 0.717) is 6.54 Å². The molecule has 98 valence electrons. The van der Waals surface area contributed by atoms with Crippen LogP contribution in [-0.4, -0.2) is 13.7 Å². The van der Waals surface area contributed by atoms with Crippen LogP contribution in [0.25, 0.3) is 6.08 Å². The summed E-state index contributed by atoms with van der Waals surface area (Å²) in [5.74, 6) is 0.942. The molecule has 0 heterocycles. The van der Waals surface area contributed by atoms with Gasteiger partial charge in [-0.25, -0.2) is 0 Å². The molecule has 1 aromatic rings. The lowest BCUT2D eigenvalue weighted by Crippen LogP contribution is -2.09. The van der Waals surface area contributed by atoms with E-state index < -0.39 is 0 Å². The topological polar surface area (TPSA) is 35.2 Å². The van der Waals surface area contributed by atoms with Crippen LogP contribution in [0.15, 0.2) is 10.5 Å². The second-order valence-electron chi connectivity index (χ2n) is 4.69. The Bertz CT molecular complexity index is 480. The first kappa shape index (κ1) is 13.6. The molecule has 2 nitrogen and oxygen atoms in total. The van der Waals surface area contributed by atoms with Crippen LogP contribution in [-0.2, 0) is 12.8 Å². The third kappa shape index (κ3) is 2.34. The van der Waals surface area contributed by atoms with Crippen LogP contribution in [0.5, 0.6) is 5.75 Å². The van der Waals surface area contributed by atoms with Crippen molar-refractivity contribution in [1.29, 1.82) is 0 Å². The Morgan fingerprint density at radius 3 is 2.56 bits per heavy atom. The predicted octanol–water partition coefficient (Wildman–Crippen LogP) is 3.62. The fourth-order valence-corrected chi connectivity index (χ4v) is 3.55. The van der Waals surface area contributed by atoms with Crippen LogP contribution in [0.1, 0.15) is 35.1 Å². The van der Waals surface area contributed by atoms with Gasteiger partial charge >= 0.3 is 0 Å². The highest BCUT2D eigenvalue weighted by Gasteiger charge is 2.21. The lowest BCUT2D eigenvalue weighted by Gasteiger charge is -2.24. The van der Waals surface area contributed by atoms with Gasteiger partial charge in [-0.2, -0.15) is 0 Å². The van der Waals surface area contributed by atoms with E-state index in [0.717, 1.165) is 22.2 Å². The van der Waals surface area contributed by atoms with Crippen molar-refractivity contribution in [3.63, 3.8) is 0 Å². The van der Waals surface area contributed by atoms with E-state index in [-0.39, 0.29) is 0 Å². The maximum atomic E-state index is 5.58. The summed E-state index contributed by atoms with van der Waals surface area (Å²) in [4.78, 5) is 0. The monoisotopic (exact) mass is 309 g/mol. The molecule has 0 aliphatic heterocycles. The molecule has 0 unspecified atom stereocenters. The highest BCUT2D eigenvalue weighted by molar-refractivity contribution is 9.10. The number of rotatable bonds is 3. The first-order valence-corrected chi connectivity index (χ1v) is 7.24. The van der Waals surface area contributed by atoms with E-state index in [1.165, 1.54) is 36.0 Å². The molecule has 0 amide bonds. The highest BCUT2D eigenvalue weighted by atomic mass is 79.9. The Balaban J connectivity index is 2.64. The Morgan fingerprint density at radius 2 is 1.94 bits per heavy atom. The summed E-state index contributed by atoms with van der Waals surface area (Å²) in [7, 11) is 1.73. The third-order valence-corrected chi connectivity index (χ3v) is 4.50. The van der Waals surface area contributed by atoms with E-state index in [4.69, 9.17) is 10.5 Å². The molecule has 0 bridgehead atoms. The Hall–Kier alpha value is -0.800. The van der Waals surface area contributed by atoms with Crippen molar-refractivity contribution >= 4 is 22.0 Å². The van der Waals surface area contributed by atoms with Gasteiger partial charge in [0.25, 0.3) is 0 Å². The summed E-state index contributed by atoms with van der Waals surface area (Å²) in [6, 6.07) is 0. The van der Waals surface area contributed by atoms with Gasteiger partial charge in [-0.15, -0.1) is 0 Å². The van der Waals surface area contributed by atoms with Gasteiger partial charge in [-0.1, -0.05) is 12.2 Å². The van der Waals surface area contributed by atoms with Crippen molar-refractivity contribution < 1.29 is 4.74 Å². The first-order valence-electron chi connectivity index (χ1n) is 6.45. The fraction of sp³-hybridized carbons (Fsp3) is 0.467. The van der Waals surface area contributed by atoms with E-state index in [9.17, 15) is 0 Å². The van der Waals surface area contributed by atoms with Crippen molar-refractivity contribution in [3.05, 3.63) is 32.8 Å². The van der Waals surface area contributed by atoms with E-state index in [2.05, 4.69) is 28.9 Å². The van der Waals surface area contributed by atoms with Gasteiger partial charge in [0.15, 0.2) is 0 Å². The molecule has 0 atom stereocenters. The largest absolute Gasteiger partial charge is 0.495 e. The van der Waals surface area contributed by atoms with Gasteiger partial charge in [-0.3, -0.25) is 0 Å². The highest BCUT2D eigenvalue weighted by Crippen LogP contribution is 2.41. The van der Waals surface area contributed by atoms with Crippen LogP contribution in [0, 0.1) is 6.92 Å². The average Bonchev–Trinajstić information content (AvgIpc) is 2.41. The van der Waals surface area contributed by atoms with Crippen molar-refractivity contribution in [2.75, 3.05) is 13.7 Å². The lowest BCUT2D eigenvalue weighted by molar-refractivity contribution is 0.409. The van der Waals surface area contributed by atoms with Crippen LogP contribution in [0.2, 0.25) is 0 Å². The van der Waals surface area contributed by atoms with Gasteiger partial charge in [0.2, 0.25) is 0 Å². The second-order valence-corrected chi connectivity index (χ2v) is 5.48. The second kappa shape index (κ2) is 5.89. The van der Waals surface area contributed by atoms with Crippen molar-refractivity contribution in [2.45, 2.75) is 32.6 Å². The third-order valence-electron chi connectivity index (χ3n) is 3.66. The molecule has 3 heteroatoms. The van der Waals surface area contributed by atoms with Crippen LogP contribution in [0.3, 0.4) is 0 Å². The molecule has 0 radical (unpaired) electrons. The molecule has 1 aromatic carbocycles. The maximum Gasteiger partial charge on any atom is 0.140 e. The number of nitrogens with two attached hydrogens (primary N) is 1.